The topological polar surface area (TPSA) is 46.9 Å². The molecule has 0 atom stereocenters. The molecule has 1 heterocycles. The Morgan fingerprint density at radius 2 is 2.10 bits per heavy atom. The lowest BCUT2D eigenvalue weighted by Crippen LogP contribution is -2.24. The standard InChI is InChI=1S/C14H11BrClN3O/c1-2-7-19-14(20)13(15)12(9-18-19)17-8-10-3-5-11(16)6-4-10/h1,3-6,9,17H,7-8H2. The van der Waals surface area contributed by atoms with Crippen LogP contribution in [0.2, 0.25) is 5.02 Å². The second-order valence-corrected chi connectivity index (χ2v) is 5.25. The summed E-state index contributed by atoms with van der Waals surface area (Å²) in [6.07, 6.45) is 6.74. The number of nitrogens with one attached hydrogen (secondary N) is 1. The molecule has 1 aromatic heterocycles. The van der Waals surface area contributed by atoms with Crippen molar-refractivity contribution >= 4 is 33.2 Å². The molecule has 4 nitrogen and oxygen atoms in total. The van der Waals surface area contributed by atoms with Crippen molar-refractivity contribution in [2.45, 2.75) is 13.1 Å². The number of hydrogen-bond acceptors (Lipinski definition) is 3. The first-order chi connectivity index (χ1) is 9.61. The highest BCUT2D eigenvalue weighted by molar-refractivity contribution is 9.10. The molecule has 1 aromatic carbocycles. The monoisotopic (exact) mass is 351 g/mol. The second-order valence-electron chi connectivity index (χ2n) is 4.02. The molecule has 0 aliphatic carbocycles. The van der Waals surface area contributed by atoms with Crippen LogP contribution in [-0.2, 0) is 13.1 Å². The molecule has 0 amide bonds. The quantitative estimate of drug-likeness (QED) is 0.861. The molecule has 0 unspecified atom stereocenters. The number of halogens is 2. The van der Waals surface area contributed by atoms with Crippen LogP contribution in [0.4, 0.5) is 5.69 Å². The Morgan fingerprint density at radius 1 is 1.40 bits per heavy atom. The van der Waals surface area contributed by atoms with Gasteiger partial charge in [-0.2, -0.15) is 5.10 Å². The van der Waals surface area contributed by atoms with E-state index in [4.69, 9.17) is 18.0 Å². The molecular weight excluding hydrogens is 342 g/mol. The summed E-state index contributed by atoms with van der Waals surface area (Å²) >= 11 is 9.08. The van der Waals surface area contributed by atoms with Gasteiger partial charge in [0.2, 0.25) is 0 Å². The van der Waals surface area contributed by atoms with Gasteiger partial charge >= 0.3 is 0 Å². The lowest BCUT2D eigenvalue weighted by atomic mass is 10.2. The van der Waals surface area contributed by atoms with E-state index in [0.29, 0.717) is 21.7 Å². The smallest absolute Gasteiger partial charge is 0.284 e. The summed E-state index contributed by atoms with van der Waals surface area (Å²) in [5, 5.41) is 7.83. The zero-order valence-corrected chi connectivity index (χ0v) is 12.8. The lowest BCUT2D eigenvalue weighted by molar-refractivity contribution is 0.659. The molecule has 1 N–H and O–H groups in total. The predicted molar refractivity (Wildman–Crippen MR) is 83.8 cm³/mol. The van der Waals surface area contributed by atoms with Gasteiger partial charge in [0, 0.05) is 11.6 Å². The Balaban J connectivity index is 2.14. The van der Waals surface area contributed by atoms with Crippen LogP contribution in [0.25, 0.3) is 0 Å². The first kappa shape index (κ1) is 14.6. The van der Waals surface area contributed by atoms with Crippen molar-refractivity contribution in [1.29, 1.82) is 0 Å². The fourth-order valence-corrected chi connectivity index (χ4v) is 2.16. The summed E-state index contributed by atoms with van der Waals surface area (Å²) in [5.74, 6) is 2.38. The molecule has 0 fully saturated rings. The van der Waals surface area contributed by atoms with Gasteiger partial charge in [-0.15, -0.1) is 6.42 Å². The van der Waals surface area contributed by atoms with Gasteiger partial charge in [0.1, 0.15) is 11.0 Å². The molecule has 102 valence electrons. The SMILES string of the molecule is C#CCn1ncc(NCc2ccc(Cl)cc2)c(Br)c1=O. The molecule has 0 radical (unpaired) electrons. The van der Waals surface area contributed by atoms with Crippen molar-refractivity contribution in [2.24, 2.45) is 0 Å². The van der Waals surface area contributed by atoms with E-state index >= 15 is 0 Å². The maximum Gasteiger partial charge on any atom is 0.284 e. The first-order valence-electron chi connectivity index (χ1n) is 5.79. The van der Waals surface area contributed by atoms with E-state index in [1.807, 2.05) is 24.3 Å². The fourth-order valence-electron chi connectivity index (χ4n) is 1.59. The van der Waals surface area contributed by atoms with Gasteiger partial charge in [-0.25, -0.2) is 4.68 Å². The van der Waals surface area contributed by atoms with Crippen LogP contribution in [-0.4, -0.2) is 9.78 Å². The highest BCUT2D eigenvalue weighted by atomic mass is 79.9. The third kappa shape index (κ3) is 3.41. The molecule has 0 bridgehead atoms. The van der Waals surface area contributed by atoms with Crippen molar-refractivity contribution in [3.63, 3.8) is 0 Å². The maximum absolute atomic E-state index is 11.9. The maximum atomic E-state index is 11.9. The minimum Gasteiger partial charge on any atom is -0.379 e. The summed E-state index contributed by atoms with van der Waals surface area (Å²) in [6.45, 7) is 0.713. The van der Waals surface area contributed by atoms with E-state index < -0.39 is 0 Å². The van der Waals surface area contributed by atoms with E-state index in [-0.39, 0.29) is 12.1 Å². The minimum absolute atomic E-state index is 0.148. The Morgan fingerprint density at radius 3 is 2.75 bits per heavy atom. The molecule has 0 spiro atoms. The average molecular weight is 353 g/mol. The van der Waals surface area contributed by atoms with Crippen molar-refractivity contribution in [2.75, 3.05) is 5.32 Å². The Labute approximate surface area is 129 Å². The van der Waals surface area contributed by atoms with Gasteiger partial charge in [0.05, 0.1) is 11.9 Å². The largest absolute Gasteiger partial charge is 0.379 e. The molecule has 0 aliphatic heterocycles. The number of rotatable bonds is 4. The molecule has 0 saturated heterocycles. The third-order valence-electron chi connectivity index (χ3n) is 2.62. The van der Waals surface area contributed by atoms with Crippen molar-refractivity contribution < 1.29 is 0 Å². The molecule has 2 aromatic rings. The van der Waals surface area contributed by atoms with Crippen LogP contribution in [0.3, 0.4) is 0 Å². The van der Waals surface area contributed by atoms with Gasteiger partial charge in [-0.1, -0.05) is 29.7 Å². The highest BCUT2D eigenvalue weighted by Crippen LogP contribution is 2.17. The predicted octanol–water partition coefficient (Wildman–Crippen LogP) is 2.90. The number of nitrogens with zero attached hydrogens (tertiary/aromatic N) is 2. The van der Waals surface area contributed by atoms with Gasteiger partial charge in [0.15, 0.2) is 0 Å². The molecule has 0 aliphatic rings. The summed E-state index contributed by atoms with van der Waals surface area (Å²) in [7, 11) is 0. The van der Waals surface area contributed by atoms with Crippen LogP contribution in [0.1, 0.15) is 5.56 Å². The number of terminal acetylenes is 1. The summed E-state index contributed by atoms with van der Waals surface area (Å²) in [5.41, 5.74) is 1.41. The normalized spacial score (nSPS) is 10.1. The molecule has 0 saturated carbocycles. The summed E-state index contributed by atoms with van der Waals surface area (Å²) in [6, 6.07) is 7.46. The van der Waals surface area contributed by atoms with E-state index in [2.05, 4.69) is 32.3 Å². The molecule has 6 heteroatoms. The fraction of sp³-hybridized carbons (Fsp3) is 0.143. The summed E-state index contributed by atoms with van der Waals surface area (Å²) in [4.78, 5) is 11.9. The van der Waals surface area contributed by atoms with E-state index in [9.17, 15) is 4.79 Å². The van der Waals surface area contributed by atoms with E-state index in [1.165, 1.54) is 4.68 Å². The van der Waals surface area contributed by atoms with Gasteiger partial charge in [-0.3, -0.25) is 4.79 Å². The van der Waals surface area contributed by atoms with Crippen LogP contribution >= 0.6 is 27.5 Å². The van der Waals surface area contributed by atoms with Crippen LogP contribution in [0.15, 0.2) is 39.7 Å². The zero-order chi connectivity index (χ0) is 14.5. The van der Waals surface area contributed by atoms with Gasteiger partial charge in [-0.05, 0) is 33.6 Å². The van der Waals surface area contributed by atoms with E-state index in [0.717, 1.165) is 5.56 Å². The number of hydrogen-bond donors (Lipinski definition) is 1. The zero-order valence-electron chi connectivity index (χ0n) is 10.4. The average Bonchev–Trinajstić information content (AvgIpc) is 2.45. The van der Waals surface area contributed by atoms with E-state index in [1.54, 1.807) is 6.20 Å². The first-order valence-corrected chi connectivity index (χ1v) is 6.96. The third-order valence-corrected chi connectivity index (χ3v) is 3.64. The van der Waals surface area contributed by atoms with Crippen LogP contribution in [0.5, 0.6) is 0 Å². The highest BCUT2D eigenvalue weighted by Gasteiger charge is 2.07. The Bertz CT molecular complexity index is 704. The van der Waals surface area contributed by atoms with Gasteiger partial charge < -0.3 is 5.32 Å². The minimum atomic E-state index is -0.260. The molecule has 20 heavy (non-hydrogen) atoms. The summed E-state index contributed by atoms with van der Waals surface area (Å²) < 4.78 is 1.63. The van der Waals surface area contributed by atoms with Crippen LogP contribution in [0, 0.1) is 12.3 Å². The van der Waals surface area contributed by atoms with Gasteiger partial charge in [0.25, 0.3) is 5.56 Å². The lowest BCUT2D eigenvalue weighted by Gasteiger charge is -2.09. The molecule has 2 rings (SSSR count). The molecular formula is C14H11BrClN3O. The van der Waals surface area contributed by atoms with Crippen molar-refractivity contribution in [3.05, 3.63) is 55.9 Å². The second kappa shape index (κ2) is 6.60. The Hall–Kier alpha value is -1.77. The van der Waals surface area contributed by atoms with Crippen molar-refractivity contribution in [3.8, 4) is 12.3 Å². The Kier molecular flexibility index (Phi) is 4.83. The number of benzene rings is 1. The number of aromatic nitrogens is 2. The van der Waals surface area contributed by atoms with Crippen molar-refractivity contribution in [1.82, 2.24) is 9.78 Å². The number of anilines is 1. The van der Waals surface area contributed by atoms with Crippen LogP contribution < -0.4 is 10.9 Å².